The van der Waals surface area contributed by atoms with Crippen LogP contribution in [0.25, 0.3) is 0 Å². The lowest BCUT2D eigenvalue weighted by Gasteiger charge is -2.24. The topological polar surface area (TPSA) is 243 Å². The highest BCUT2D eigenvalue weighted by Gasteiger charge is 2.31. The van der Waals surface area contributed by atoms with Crippen LogP contribution >= 0.6 is 12.6 Å². The fraction of sp³-hybridized carbons (Fsp3) is 0.579. The Morgan fingerprint density at radius 2 is 1.62 bits per heavy atom. The lowest BCUT2D eigenvalue weighted by Crippen LogP contribution is -2.58. The molecule has 0 aliphatic carbocycles. The van der Waals surface area contributed by atoms with Gasteiger partial charge >= 0.3 is 11.9 Å². The molecule has 4 atom stereocenters. The molecule has 1 aromatic heterocycles. The lowest BCUT2D eigenvalue weighted by atomic mass is 10.1. The van der Waals surface area contributed by atoms with Crippen LogP contribution in [0.3, 0.4) is 0 Å². The summed E-state index contributed by atoms with van der Waals surface area (Å²) in [6, 6.07) is -5.00. The van der Waals surface area contributed by atoms with E-state index in [-0.39, 0.29) is 18.6 Å². The number of carbonyl (C=O) groups excluding carboxylic acids is 3. The van der Waals surface area contributed by atoms with Gasteiger partial charge < -0.3 is 42.6 Å². The molecule has 34 heavy (non-hydrogen) atoms. The molecule has 190 valence electrons. The van der Waals surface area contributed by atoms with Gasteiger partial charge in [0.1, 0.15) is 18.1 Å². The predicted octanol–water partition coefficient (Wildman–Crippen LogP) is -2.65. The molecule has 1 aromatic rings. The van der Waals surface area contributed by atoms with Crippen LogP contribution in [0, 0.1) is 0 Å². The van der Waals surface area contributed by atoms with E-state index in [1.165, 1.54) is 12.5 Å². The summed E-state index contributed by atoms with van der Waals surface area (Å²) < 4.78 is 0. The molecular weight excluding hydrogens is 470 g/mol. The number of nitrogens with zero attached hydrogens (tertiary/aromatic N) is 1. The number of imidazole rings is 1. The minimum absolute atomic E-state index is 0.0496. The number of unbranched alkanes of at least 4 members (excludes halogenated alkanes) is 1. The van der Waals surface area contributed by atoms with Crippen molar-refractivity contribution in [3.8, 4) is 0 Å². The minimum Gasteiger partial charge on any atom is -0.481 e. The molecule has 0 aromatic carbocycles. The molecule has 0 saturated heterocycles. The van der Waals surface area contributed by atoms with E-state index in [0.29, 0.717) is 25.1 Å². The smallest absolute Gasteiger partial charge is 0.326 e. The van der Waals surface area contributed by atoms with Crippen molar-refractivity contribution in [2.24, 2.45) is 11.5 Å². The number of hydrogen-bond donors (Lipinski definition) is 9. The second kappa shape index (κ2) is 14.9. The first-order valence-electron chi connectivity index (χ1n) is 10.5. The van der Waals surface area contributed by atoms with Gasteiger partial charge in [-0.25, -0.2) is 9.78 Å². The van der Waals surface area contributed by atoms with Crippen LogP contribution in [0.1, 0.15) is 31.4 Å². The molecule has 0 fully saturated rings. The van der Waals surface area contributed by atoms with Crippen molar-refractivity contribution in [2.75, 3.05) is 12.3 Å². The Labute approximate surface area is 201 Å². The number of nitrogens with one attached hydrogen (secondary N) is 4. The summed E-state index contributed by atoms with van der Waals surface area (Å²) in [5.74, 6) is -5.16. The third kappa shape index (κ3) is 10.2. The van der Waals surface area contributed by atoms with Crippen LogP contribution in [-0.2, 0) is 30.4 Å². The maximum atomic E-state index is 13.0. The van der Waals surface area contributed by atoms with Crippen molar-refractivity contribution in [1.29, 1.82) is 0 Å². The summed E-state index contributed by atoms with van der Waals surface area (Å²) in [6.45, 7) is 0.378. The monoisotopic (exact) mass is 501 g/mol. The number of carboxylic acids is 2. The second-order valence-corrected chi connectivity index (χ2v) is 7.84. The Kier molecular flexibility index (Phi) is 12.6. The van der Waals surface area contributed by atoms with Crippen LogP contribution in [0.5, 0.6) is 0 Å². The van der Waals surface area contributed by atoms with Gasteiger partial charge in [0.05, 0.1) is 18.8 Å². The first-order chi connectivity index (χ1) is 16.1. The van der Waals surface area contributed by atoms with Gasteiger partial charge in [0.15, 0.2) is 0 Å². The molecule has 0 saturated carbocycles. The number of aromatic nitrogens is 2. The standard InChI is InChI=1S/C19H31N7O7S/c20-4-2-1-3-12(24-16(29)11(21)8-34)17(30)25-13(5-10-7-22-9-23-10)18(31)26-14(19(32)33)6-15(27)28/h7,9,11-14,34H,1-6,8,20-21H2,(H,22,23)(H,24,29)(H,25,30)(H,26,31)(H,27,28)(H,32,33). The number of aliphatic carboxylic acids is 2. The zero-order chi connectivity index (χ0) is 25.7. The van der Waals surface area contributed by atoms with Gasteiger partial charge in [-0.1, -0.05) is 0 Å². The molecule has 3 amide bonds. The Morgan fingerprint density at radius 3 is 2.15 bits per heavy atom. The number of nitrogens with two attached hydrogens (primary N) is 2. The van der Waals surface area contributed by atoms with Crippen LogP contribution in [0.4, 0.5) is 0 Å². The average Bonchev–Trinajstić information content (AvgIpc) is 3.29. The summed E-state index contributed by atoms with van der Waals surface area (Å²) in [6.07, 6.45) is 3.11. The minimum atomic E-state index is -1.71. The maximum Gasteiger partial charge on any atom is 0.326 e. The quantitative estimate of drug-likeness (QED) is 0.0841. The molecule has 15 heteroatoms. The number of aromatic amines is 1. The van der Waals surface area contributed by atoms with E-state index in [9.17, 15) is 29.1 Å². The molecule has 0 radical (unpaired) electrons. The van der Waals surface area contributed by atoms with E-state index in [1.54, 1.807) is 0 Å². The van der Waals surface area contributed by atoms with Gasteiger partial charge in [-0.15, -0.1) is 0 Å². The third-order valence-electron chi connectivity index (χ3n) is 4.72. The Balaban J connectivity index is 3.05. The van der Waals surface area contributed by atoms with Gasteiger partial charge in [-0.3, -0.25) is 19.2 Å². The Bertz CT molecular complexity index is 837. The molecule has 10 N–H and O–H groups in total. The maximum absolute atomic E-state index is 13.0. The van der Waals surface area contributed by atoms with Crippen LogP contribution in [0.2, 0.25) is 0 Å². The van der Waals surface area contributed by atoms with E-state index in [0.717, 1.165) is 0 Å². The lowest BCUT2D eigenvalue weighted by molar-refractivity contribution is -0.147. The fourth-order valence-electron chi connectivity index (χ4n) is 2.87. The summed E-state index contributed by atoms with van der Waals surface area (Å²) in [5.41, 5.74) is 11.6. The number of H-pyrrole nitrogens is 1. The number of amides is 3. The molecule has 4 unspecified atom stereocenters. The highest BCUT2D eigenvalue weighted by molar-refractivity contribution is 7.80. The van der Waals surface area contributed by atoms with Crippen molar-refractivity contribution >= 4 is 42.3 Å². The van der Waals surface area contributed by atoms with Crippen molar-refractivity contribution in [2.45, 2.75) is 56.3 Å². The Hall–Kier alpha value is -3.17. The summed E-state index contributed by atoms with van der Waals surface area (Å²) in [7, 11) is 0. The van der Waals surface area contributed by atoms with E-state index in [2.05, 4.69) is 38.5 Å². The molecule has 14 nitrogen and oxygen atoms in total. The van der Waals surface area contributed by atoms with Crippen LogP contribution in [0.15, 0.2) is 12.5 Å². The molecule has 1 rings (SSSR count). The van der Waals surface area contributed by atoms with Crippen molar-refractivity contribution in [1.82, 2.24) is 25.9 Å². The normalized spacial score (nSPS) is 14.3. The molecule has 0 spiro atoms. The summed E-state index contributed by atoms with van der Waals surface area (Å²) in [4.78, 5) is 66.9. The van der Waals surface area contributed by atoms with E-state index < -0.39 is 60.2 Å². The SMILES string of the molecule is NCCCCC(NC(=O)C(N)CS)C(=O)NC(Cc1cnc[nH]1)C(=O)NC(CC(=O)O)C(=O)O. The zero-order valence-electron chi connectivity index (χ0n) is 18.4. The van der Waals surface area contributed by atoms with E-state index in [4.69, 9.17) is 16.6 Å². The number of carboxylic acid groups (broad SMARTS) is 2. The summed E-state index contributed by atoms with van der Waals surface area (Å²) in [5, 5.41) is 25.3. The largest absolute Gasteiger partial charge is 0.481 e. The number of hydrogen-bond acceptors (Lipinski definition) is 9. The van der Waals surface area contributed by atoms with E-state index >= 15 is 0 Å². The molecule has 0 bridgehead atoms. The number of rotatable bonds is 16. The zero-order valence-corrected chi connectivity index (χ0v) is 19.3. The molecule has 0 aliphatic rings. The van der Waals surface area contributed by atoms with Crippen LogP contribution in [-0.4, -0.2) is 86.3 Å². The highest BCUT2D eigenvalue weighted by Crippen LogP contribution is 2.06. The molecule has 1 heterocycles. The first-order valence-corrected chi connectivity index (χ1v) is 11.1. The van der Waals surface area contributed by atoms with Crippen molar-refractivity contribution < 1.29 is 34.2 Å². The number of carbonyl (C=O) groups is 5. The molecule has 0 aliphatic heterocycles. The number of thiol groups is 1. The van der Waals surface area contributed by atoms with Crippen molar-refractivity contribution in [3.05, 3.63) is 18.2 Å². The van der Waals surface area contributed by atoms with Crippen LogP contribution < -0.4 is 27.4 Å². The third-order valence-corrected chi connectivity index (χ3v) is 5.11. The van der Waals surface area contributed by atoms with Gasteiger partial charge in [0, 0.05) is 24.1 Å². The average molecular weight is 502 g/mol. The Morgan fingerprint density at radius 1 is 1.00 bits per heavy atom. The fourth-order valence-corrected chi connectivity index (χ4v) is 3.03. The van der Waals surface area contributed by atoms with Crippen molar-refractivity contribution in [3.63, 3.8) is 0 Å². The van der Waals surface area contributed by atoms with Gasteiger partial charge in [-0.05, 0) is 25.8 Å². The highest BCUT2D eigenvalue weighted by atomic mass is 32.1. The van der Waals surface area contributed by atoms with Gasteiger partial charge in [0.25, 0.3) is 0 Å². The molecular formula is C19H31N7O7S. The van der Waals surface area contributed by atoms with Gasteiger partial charge in [-0.2, -0.15) is 12.6 Å². The second-order valence-electron chi connectivity index (χ2n) is 7.47. The van der Waals surface area contributed by atoms with Gasteiger partial charge in [0.2, 0.25) is 17.7 Å². The summed E-state index contributed by atoms with van der Waals surface area (Å²) >= 11 is 3.96. The predicted molar refractivity (Wildman–Crippen MR) is 123 cm³/mol. The van der Waals surface area contributed by atoms with E-state index in [1.807, 2.05) is 0 Å². The first kappa shape index (κ1) is 28.9.